The van der Waals surface area contributed by atoms with Crippen LogP contribution in [0.4, 0.5) is 0 Å². The van der Waals surface area contributed by atoms with Crippen LogP contribution in [0.15, 0.2) is 53.6 Å². The molecular formula is C16H16N2O3. The van der Waals surface area contributed by atoms with E-state index in [-0.39, 0.29) is 23.8 Å². The first-order chi connectivity index (χ1) is 10.1. The molecule has 0 atom stereocenters. The maximum atomic E-state index is 11.8. The van der Waals surface area contributed by atoms with E-state index in [0.717, 1.165) is 5.56 Å². The van der Waals surface area contributed by atoms with Gasteiger partial charge in [-0.15, -0.1) is 0 Å². The molecule has 0 heterocycles. The number of phenols is 2. The fourth-order valence-electron chi connectivity index (χ4n) is 1.84. The number of phenolic OH excluding ortho intramolecular Hbond substituents is 2. The average molecular weight is 284 g/mol. The Hall–Kier alpha value is -2.82. The molecule has 0 radical (unpaired) electrons. The van der Waals surface area contributed by atoms with Gasteiger partial charge in [-0.25, -0.2) is 5.43 Å². The minimum atomic E-state index is -0.250. The zero-order chi connectivity index (χ0) is 15.2. The van der Waals surface area contributed by atoms with E-state index in [1.54, 1.807) is 6.92 Å². The van der Waals surface area contributed by atoms with Gasteiger partial charge in [0.1, 0.15) is 11.5 Å². The standard InChI is InChI=1S/C16H16N2O3/c1-11(14-10-13(19)7-8-15(14)20)17-18-16(21)9-12-5-3-2-4-6-12/h2-8,10,19-20H,9H2,1H3,(H,18,21)/b17-11+. The average Bonchev–Trinajstić information content (AvgIpc) is 2.48. The van der Waals surface area contributed by atoms with Crippen molar-refractivity contribution in [3.8, 4) is 11.5 Å². The van der Waals surface area contributed by atoms with Crippen LogP contribution in [0.2, 0.25) is 0 Å². The summed E-state index contributed by atoms with van der Waals surface area (Å²) in [5, 5.41) is 23.0. The number of nitrogens with zero attached hydrogens (tertiary/aromatic N) is 1. The number of hydrogen-bond donors (Lipinski definition) is 3. The molecule has 0 bridgehead atoms. The highest BCUT2D eigenvalue weighted by molar-refractivity contribution is 6.01. The monoisotopic (exact) mass is 284 g/mol. The number of hydrogen-bond acceptors (Lipinski definition) is 4. The number of rotatable bonds is 4. The molecule has 1 amide bonds. The zero-order valence-corrected chi connectivity index (χ0v) is 11.6. The molecule has 108 valence electrons. The molecule has 0 aliphatic carbocycles. The summed E-state index contributed by atoms with van der Waals surface area (Å²) < 4.78 is 0. The van der Waals surface area contributed by atoms with Crippen LogP contribution in [0.5, 0.6) is 11.5 Å². The van der Waals surface area contributed by atoms with E-state index >= 15 is 0 Å². The van der Waals surface area contributed by atoms with Gasteiger partial charge in [0.15, 0.2) is 0 Å². The molecule has 0 aliphatic rings. The summed E-state index contributed by atoms with van der Waals surface area (Å²) in [5.41, 5.74) is 4.10. The molecule has 0 aromatic heterocycles. The van der Waals surface area contributed by atoms with E-state index in [2.05, 4.69) is 10.5 Å². The lowest BCUT2D eigenvalue weighted by Gasteiger charge is -2.06. The summed E-state index contributed by atoms with van der Waals surface area (Å²) in [5.74, 6) is -0.237. The van der Waals surface area contributed by atoms with Gasteiger partial charge in [0.05, 0.1) is 12.1 Å². The number of aromatic hydroxyl groups is 2. The van der Waals surface area contributed by atoms with Gasteiger partial charge in [0.25, 0.3) is 0 Å². The lowest BCUT2D eigenvalue weighted by atomic mass is 10.1. The predicted octanol–water partition coefficient (Wildman–Crippen LogP) is 2.18. The summed E-state index contributed by atoms with van der Waals surface area (Å²) in [6.45, 7) is 1.64. The number of amides is 1. The Morgan fingerprint density at radius 2 is 1.86 bits per heavy atom. The summed E-state index contributed by atoms with van der Waals surface area (Å²) in [4.78, 5) is 11.8. The highest BCUT2D eigenvalue weighted by Gasteiger charge is 2.07. The van der Waals surface area contributed by atoms with Crippen molar-refractivity contribution in [1.29, 1.82) is 0 Å². The molecule has 0 aliphatic heterocycles. The van der Waals surface area contributed by atoms with Crippen molar-refractivity contribution >= 4 is 11.6 Å². The Morgan fingerprint density at radius 3 is 2.57 bits per heavy atom. The number of hydrazone groups is 1. The number of benzene rings is 2. The second kappa shape index (κ2) is 6.56. The van der Waals surface area contributed by atoms with Gasteiger partial charge in [-0.2, -0.15) is 5.10 Å². The molecule has 2 aromatic rings. The van der Waals surface area contributed by atoms with Gasteiger partial charge < -0.3 is 10.2 Å². The number of carbonyl (C=O) groups excluding carboxylic acids is 1. The zero-order valence-electron chi connectivity index (χ0n) is 11.6. The molecule has 3 N–H and O–H groups in total. The van der Waals surface area contributed by atoms with E-state index < -0.39 is 0 Å². The second-order valence-corrected chi connectivity index (χ2v) is 4.60. The van der Waals surface area contributed by atoms with Gasteiger partial charge in [-0.05, 0) is 30.7 Å². The normalized spacial score (nSPS) is 11.2. The van der Waals surface area contributed by atoms with Crippen LogP contribution in [0.3, 0.4) is 0 Å². The molecule has 0 saturated carbocycles. The van der Waals surface area contributed by atoms with Crippen molar-refractivity contribution in [2.24, 2.45) is 5.10 Å². The lowest BCUT2D eigenvalue weighted by Crippen LogP contribution is -2.21. The summed E-state index contributed by atoms with van der Waals surface area (Å²) >= 11 is 0. The predicted molar refractivity (Wildman–Crippen MR) is 80.3 cm³/mol. The molecule has 0 fully saturated rings. The molecule has 5 nitrogen and oxygen atoms in total. The molecule has 2 rings (SSSR count). The van der Waals surface area contributed by atoms with Crippen molar-refractivity contribution in [2.45, 2.75) is 13.3 Å². The Kier molecular flexibility index (Phi) is 4.56. The third-order valence-electron chi connectivity index (χ3n) is 2.93. The maximum Gasteiger partial charge on any atom is 0.244 e. The molecule has 0 unspecified atom stereocenters. The van der Waals surface area contributed by atoms with Crippen molar-refractivity contribution in [3.63, 3.8) is 0 Å². The van der Waals surface area contributed by atoms with Crippen LogP contribution in [0, 0.1) is 0 Å². The summed E-state index contributed by atoms with van der Waals surface area (Å²) in [7, 11) is 0. The minimum absolute atomic E-state index is 0.00800. The van der Waals surface area contributed by atoms with E-state index in [4.69, 9.17) is 0 Å². The third kappa shape index (κ3) is 4.07. The van der Waals surface area contributed by atoms with Crippen molar-refractivity contribution in [3.05, 3.63) is 59.7 Å². The summed E-state index contributed by atoms with van der Waals surface area (Å²) in [6.07, 6.45) is 0.226. The number of carbonyl (C=O) groups is 1. The van der Waals surface area contributed by atoms with Gasteiger partial charge in [-0.3, -0.25) is 4.79 Å². The van der Waals surface area contributed by atoms with Crippen molar-refractivity contribution < 1.29 is 15.0 Å². The van der Waals surface area contributed by atoms with E-state index in [9.17, 15) is 15.0 Å². The minimum Gasteiger partial charge on any atom is -0.508 e. The fraction of sp³-hybridized carbons (Fsp3) is 0.125. The van der Waals surface area contributed by atoms with Gasteiger partial charge in [-0.1, -0.05) is 30.3 Å². The molecular weight excluding hydrogens is 268 g/mol. The SMILES string of the molecule is C/C(=N\NC(=O)Cc1ccccc1)c1cc(O)ccc1O. The molecule has 2 aromatic carbocycles. The Bertz CT molecular complexity index is 666. The van der Waals surface area contributed by atoms with Crippen LogP contribution >= 0.6 is 0 Å². The lowest BCUT2D eigenvalue weighted by molar-refractivity contribution is -0.120. The quantitative estimate of drug-likeness (QED) is 0.457. The van der Waals surface area contributed by atoms with Gasteiger partial charge in [0, 0.05) is 5.56 Å². The Labute approximate surface area is 122 Å². The van der Waals surface area contributed by atoms with Crippen molar-refractivity contribution in [1.82, 2.24) is 5.43 Å². The van der Waals surface area contributed by atoms with Crippen LogP contribution in [-0.4, -0.2) is 21.8 Å². The fourth-order valence-corrected chi connectivity index (χ4v) is 1.84. The summed E-state index contributed by atoms with van der Waals surface area (Å²) in [6, 6.07) is 13.5. The molecule has 21 heavy (non-hydrogen) atoms. The molecule has 0 spiro atoms. The first-order valence-electron chi connectivity index (χ1n) is 6.45. The highest BCUT2D eigenvalue weighted by Crippen LogP contribution is 2.22. The number of nitrogens with one attached hydrogen (secondary N) is 1. The Balaban J connectivity index is 2.03. The van der Waals surface area contributed by atoms with Crippen LogP contribution < -0.4 is 5.43 Å². The van der Waals surface area contributed by atoms with E-state index in [1.165, 1.54) is 18.2 Å². The maximum absolute atomic E-state index is 11.8. The first kappa shape index (κ1) is 14.6. The third-order valence-corrected chi connectivity index (χ3v) is 2.93. The topological polar surface area (TPSA) is 81.9 Å². The van der Waals surface area contributed by atoms with Crippen LogP contribution in [0.25, 0.3) is 0 Å². The second-order valence-electron chi connectivity index (χ2n) is 4.60. The largest absolute Gasteiger partial charge is 0.508 e. The van der Waals surface area contributed by atoms with Gasteiger partial charge >= 0.3 is 0 Å². The first-order valence-corrected chi connectivity index (χ1v) is 6.45. The smallest absolute Gasteiger partial charge is 0.244 e. The van der Waals surface area contributed by atoms with Gasteiger partial charge in [0.2, 0.25) is 5.91 Å². The Morgan fingerprint density at radius 1 is 1.14 bits per heavy atom. The van der Waals surface area contributed by atoms with Crippen molar-refractivity contribution in [2.75, 3.05) is 0 Å². The van der Waals surface area contributed by atoms with Crippen LogP contribution in [0.1, 0.15) is 18.1 Å². The van der Waals surface area contributed by atoms with E-state index in [1.807, 2.05) is 30.3 Å². The van der Waals surface area contributed by atoms with E-state index in [0.29, 0.717) is 11.3 Å². The molecule has 0 saturated heterocycles. The molecule has 5 heteroatoms. The highest BCUT2D eigenvalue weighted by atomic mass is 16.3. The van der Waals surface area contributed by atoms with Crippen LogP contribution in [-0.2, 0) is 11.2 Å².